The molecule has 6 rings (SSSR count). The third-order valence-corrected chi connectivity index (χ3v) is 8.49. The van der Waals surface area contributed by atoms with Gasteiger partial charge in [0, 0.05) is 22.5 Å². The summed E-state index contributed by atoms with van der Waals surface area (Å²) in [4.78, 5) is 22.3. The van der Waals surface area contributed by atoms with Crippen LogP contribution < -0.4 is 10.1 Å². The number of benzene rings is 2. The molecule has 9 heteroatoms. The Morgan fingerprint density at radius 1 is 1.16 bits per heavy atom. The Morgan fingerprint density at radius 2 is 1.95 bits per heavy atom. The topological polar surface area (TPSA) is 83.4 Å². The van der Waals surface area contributed by atoms with E-state index in [4.69, 9.17) is 21.2 Å². The second-order valence-corrected chi connectivity index (χ2v) is 11.8. The predicted molar refractivity (Wildman–Crippen MR) is 149 cm³/mol. The van der Waals surface area contributed by atoms with Gasteiger partial charge in [-0.25, -0.2) is 0 Å². The van der Waals surface area contributed by atoms with E-state index in [2.05, 4.69) is 15.4 Å². The smallest absolute Gasteiger partial charge is 0.274 e. The van der Waals surface area contributed by atoms with Crippen LogP contribution in [0.25, 0.3) is 10.4 Å². The van der Waals surface area contributed by atoms with Crippen molar-refractivity contribution < 1.29 is 19.5 Å². The van der Waals surface area contributed by atoms with Crippen LogP contribution in [0.5, 0.6) is 5.75 Å². The molecule has 2 unspecified atom stereocenters. The van der Waals surface area contributed by atoms with Gasteiger partial charge in [-0.2, -0.15) is 0 Å². The highest BCUT2D eigenvalue weighted by molar-refractivity contribution is 7.19. The van der Waals surface area contributed by atoms with Crippen LogP contribution in [0.15, 0.2) is 59.8 Å². The quantitative estimate of drug-likeness (QED) is 0.384. The number of nitrogens with zero attached hydrogens (tertiary/aromatic N) is 2. The molecule has 3 heterocycles. The molecule has 2 aromatic carbocycles. The molecule has 7 nitrogen and oxygen atoms in total. The molecule has 2 fully saturated rings. The van der Waals surface area contributed by atoms with E-state index in [1.165, 1.54) is 11.3 Å². The summed E-state index contributed by atoms with van der Waals surface area (Å²) in [5, 5.41) is 18.6. The molecule has 1 amide bonds. The van der Waals surface area contributed by atoms with Crippen LogP contribution in [0.1, 0.15) is 48.5 Å². The van der Waals surface area contributed by atoms with Gasteiger partial charge in [0.05, 0.1) is 16.5 Å². The number of likely N-dealkylation sites (tertiary alicyclic amines) is 1. The van der Waals surface area contributed by atoms with Crippen molar-refractivity contribution in [2.75, 3.05) is 19.6 Å². The average Bonchev–Trinajstić information content (AvgIpc) is 3.39. The molecule has 1 saturated heterocycles. The summed E-state index contributed by atoms with van der Waals surface area (Å²) in [6, 6.07) is 16.8. The Kier molecular flexibility index (Phi) is 7.39. The van der Waals surface area contributed by atoms with Crippen LogP contribution >= 0.6 is 22.9 Å². The highest BCUT2D eigenvalue weighted by Gasteiger charge is 2.31. The van der Waals surface area contributed by atoms with Crippen molar-refractivity contribution in [1.82, 2.24) is 10.2 Å². The number of thiophene rings is 1. The monoisotopic (exact) mass is 551 g/mol. The third kappa shape index (κ3) is 5.73. The molecule has 1 aromatic heterocycles. The van der Waals surface area contributed by atoms with Crippen molar-refractivity contribution in [3.8, 4) is 16.2 Å². The molecule has 198 valence electrons. The van der Waals surface area contributed by atoms with Crippen molar-refractivity contribution in [1.29, 1.82) is 0 Å². The lowest BCUT2D eigenvalue weighted by Gasteiger charge is -2.29. The molecular formula is C29H30ClN3O4S. The maximum absolute atomic E-state index is 13.5. The van der Waals surface area contributed by atoms with E-state index in [0.29, 0.717) is 12.6 Å². The number of carbonyl (C=O) groups is 1. The number of halogens is 1. The predicted octanol–water partition coefficient (Wildman–Crippen LogP) is 5.16. The van der Waals surface area contributed by atoms with Gasteiger partial charge in [-0.05, 0) is 80.2 Å². The Balaban J connectivity index is 1.20. The normalized spacial score (nSPS) is 18.7. The zero-order valence-electron chi connectivity index (χ0n) is 20.9. The molecule has 2 aliphatic heterocycles. The third-order valence-electron chi connectivity index (χ3n) is 7.21. The number of fused-ring (bicyclic) bond motifs is 1. The highest BCUT2D eigenvalue weighted by atomic mass is 35.5. The van der Waals surface area contributed by atoms with Gasteiger partial charge >= 0.3 is 0 Å². The fourth-order valence-corrected chi connectivity index (χ4v) is 6.04. The van der Waals surface area contributed by atoms with Gasteiger partial charge in [-0.15, -0.1) is 11.3 Å². The summed E-state index contributed by atoms with van der Waals surface area (Å²) in [5.41, 5.74) is 3.58. The molecule has 2 atom stereocenters. The second kappa shape index (κ2) is 11.1. The molecule has 2 N–H and O–H groups in total. The maximum Gasteiger partial charge on any atom is 0.274 e. The SMILES string of the molecule is O=C(NC(CN1CCCC1)C(O)c1ccc(OC2CC2)cc1)C1=NOCc2cc(-c3ccc(Cl)s3)ccc21. The number of hydrogen-bond donors (Lipinski definition) is 2. The Hall–Kier alpha value is -2.91. The summed E-state index contributed by atoms with van der Waals surface area (Å²) in [5.74, 6) is 0.438. The minimum atomic E-state index is -0.884. The van der Waals surface area contributed by atoms with Gasteiger partial charge in [0.2, 0.25) is 0 Å². The van der Waals surface area contributed by atoms with Crippen LogP contribution in [0.2, 0.25) is 4.34 Å². The first-order chi connectivity index (χ1) is 18.5. The number of aliphatic hydroxyl groups excluding tert-OH is 1. The number of carbonyl (C=O) groups excluding carboxylic acids is 1. The van der Waals surface area contributed by atoms with Crippen LogP contribution in [0.3, 0.4) is 0 Å². The van der Waals surface area contributed by atoms with Crippen molar-refractivity contribution in [2.45, 2.75) is 50.5 Å². The lowest BCUT2D eigenvalue weighted by molar-refractivity contribution is -0.116. The average molecular weight is 552 g/mol. The van der Waals surface area contributed by atoms with Crippen molar-refractivity contribution in [2.24, 2.45) is 5.16 Å². The van der Waals surface area contributed by atoms with E-state index in [9.17, 15) is 9.90 Å². The summed E-state index contributed by atoms with van der Waals surface area (Å²) < 4.78 is 6.57. The van der Waals surface area contributed by atoms with Gasteiger partial charge < -0.3 is 24.9 Å². The number of rotatable bonds is 9. The highest BCUT2D eigenvalue weighted by Crippen LogP contribution is 2.33. The lowest BCUT2D eigenvalue weighted by atomic mass is 9.97. The fraction of sp³-hybridized carbons (Fsp3) is 0.379. The van der Waals surface area contributed by atoms with Gasteiger partial charge in [-0.1, -0.05) is 41.0 Å². The van der Waals surface area contributed by atoms with Crippen LogP contribution in [-0.4, -0.2) is 53.4 Å². The number of nitrogens with one attached hydrogen (secondary N) is 1. The number of oxime groups is 1. The van der Waals surface area contributed by atoms with E-state index in [1.807, 2.05) is 54.6 Å². The summed E-state index contributed by atoms with van der Waals surface area (Å²) >= 11 is 7.62. The van der Waals surface area contributed by atoms with Gasteiger partial charge in [0.15, 0.2) is 5.71 Å². The standard InChI is InChI=1S/C29H30ClN3O4S/c30-26-12-11-25(38-26)19-5-10-23-20(15-19)17-36-32-27(23)29(35)31-24(16-33-13-1-2-14-33)28(34)18-3-6-21(7-4-18)37-22-8-9-22/h3-7,10-12,15,22,24,28,34H,1-2,8-9,13-14,16-17H2,(H,31,35). The zero-order valence-corrected chi connectivity index (χ0v) is 22.5. The molecular weight excluding hydrogens is 522 g/mol. The molecule has 3 aromatic rings. The molecule has 0 spiro atoms. The van der Waals surface area contributed by atoms with Crippen LogP contribution in [0.4, 0.5) is 0 Å². The molecule has 1 saturated carbocycles. The molecule has 38 heavy (non-hydrogen) atoms. The van der Waals surface area contributed by atoms with Crippen LogP contribution in [-0.2, 0) is 16.2 Å². The lowest BCUT2D eigenvalue weighted by Crippen LogP contribution is -2.49. The summed E-state index contributed by atoms with van der Waals surface area (Å²) in [6.07, 6.45) is 3.85. The van der Waals surface area contributed by atoms with E-state index in [-0.39, 0.29) is 18.2 Å². The Bertz CT molecular complexity index is 1330. The van der Waals surface area contributed by atoms with E-state index < -0.39 is 12.1 Å². The largest absolute Gasteiger partial charge is 0.490 e. The van der Waals surface area contributed by atoms with Gasteiger partial charge in [-0.3, -0.25) is 4.79 Å². The number of amides is 1. The fourth-order valence-electron chi connectivity index (χ4n) is 5.00. The second-order valence-electron chi connectivity index (χ2n) is 10.1. The Labute approximate surface area is 231 Å². The minimum absolute atomic E-state index is 0.216. The number of ether oxygens (including phenoxy) is 1. The maximum atomic E-state index is 13.5. The van der Waals surface area contributed by atoms with E-state index >= 15 is 0 Å². The Morgan fingerprint density at radius 3 is 2.66 bits per heavy atom. The first kappa shape index (κ1) is 25.4. The van der Waals surface area contributed by atoms with Crippen molar-refractivity contribution >= 4 is 34.6 Å². The van der Waals surface area contributed by atoms with E-state index in [1.54, 1.807) is 0 Å². The molecule has 0 radical (unpaired) electrons. The summed E-state index contributed by atoms with van der Waals surface area (Å²) in [7, 11) is 0. The van der Waals surface area contributed by atoms with Gasteiger partial charge in [0.1, 0.15) is 18.5 Å². The number of hydrogen-bond acceptors (Lipinski definition) is 7. The van der Waals surface area contributed by atoms with Crippen LogP contribution in [0, 0.1) is 0 Å². The molecule has 3 aliphatic rings. The molecule has 1 aliphatic carbocycles. The van der Waals surface area contributed by atoms with E-state index in [0.717, 1.165) is 76.0 Å². The van der Waals surface area contributed by atoms with Crippen molar-refractivity contribution in [3.05, 3.63) is 75.6 Å². The van der Waals surface area contributed by atoms with Crippen molar-refractivity contribution in [3.63, 3.8) is 0 Å². The first-order valence-electron chi connectivity index (χ1n) is 13.1. The molecule has 0 bridgehead atoms. The first-order valence-corrected chi connectivity index (χ1v) is 14.3. The summed E-state index contributed by atoms with van der Waals surface area (Å²) in [6.45, 7) is 2.74. The minimum Gasteiger partial charge on any atom is -0.490 e. The zero-order chi connectivity index (χ0) is 26.1. The van der Waals surface area contributed by atoms with Gasteiger partial charge in [0.25, 0.3) is 5.91 Å². The number of aliphatic hydroxyl groups is 1.